The highest BCUT2D eigenvalue weighted by Crippen LogP contribution is 2.26. The first kappa shape index (κ1) is 19.6. The molecule has 0 radical (unpaired) electrons. The molecule has 0 unspecified atom stereocenters. The SMILES string of the molecule is CCC1CCC(NC(=NC)NCC(=O)N(C)CC(F)(F)F)CC1. The van der Waals surface area contributed by atoms with E-state index in [-0.39, 0.29) is 6.54 Å². The third-order valence-electron chi connectivity index (χ3n) is 4.24. The monoisotopic (exact) mass is 336 g/mol. The van der Waals surface area contributed by atoms with Gasteiger partial charge in [0.15, 0.2) is 5.96 Å². The molecule has 0 aromatic rings. The summed E-state index contributed by atoms with van der Waals surface area (Å²) in [5.41, 5.74) is 0. The van der Waals surface area contributed by atoms with E-state index in [2.05, 4.69) is 22.5 Å². The van der Waals surface area contributed by atoms with Gasteiger partial charge in [0.2, 0.25) is 5.91 Å². The summed E-state index contributed by atoms with van der Waals surface area (Å²) in [5.74, 6) is 0.610. The zero-order chi connectivity index (χ0) is 17.5. The Morgan fingerprint density at radius 2 is 1.87 bits per heavy atom. The van der Waals surface area contributed by atoms with Crippen molar-refractivity contribution in [2.75, 3.05) is 27.2 Å². The number of amides is 1. The van der Waals surface area contributed by atoms with Crippen molar-refractivity contribution >= 4 is 11.9 Å². The van der Waals surface area contributed by atoms with Crippen molar-refractivity contribution in [3.63, 3.8) is 0 Å². The van der Waals surface area contributed by atoms with Crippen molar-refractivity contribution in [3.8, 4) is 0 Å². The predicted octanol–water partition coefficient (Wildman–Crippen LogP) is 2.14. The average Bonchev–Trinajstić information content (AvgIpc) is 2.50. The molecule has 0 atom stereocenters. The standard InChI is InChI=1S/C15H27F3N4O/c1-4-11-5-7-12(8-6-11)21-14(19-2)20-9-13(23)22(3)10-15(16,17)18/h11-12H,4-10H2,1-3H3,(H2,19,20,21). The molecule has 0 saturated heterocycles. The van der Waals surface area contributed by atoms with Crippen molar-refractivity contribution in [2.24, 2.45) is 10.9 Å². The van der Waals surface area contributed by atoms with Crippen molar-refractivity contribution in [1.82, 2.24) is 15.5 Å². The van der Waals surface area contributed by atoms with Gasteiger partial charge in [0.25, 0.3) is 0 Å². The summed E-state index contributed by atoms with van der Waals surface area (Å²) in [6.07, 6.45) is 1.22. The average molecular weight is 336 g/mol. The van der Waals surface area contributed by atoms with Gasteiger partial charge in [-0.25, -0.2) is 0 Å². The number of alkyl halides is 3. The van der Waals surface area contributed by atoms with Crippen molar-refractivity contribution in [1.29, 1.82) is 0 Å². The van der Waals surface area contributed by atoms with Gasteiger partial charge >= 0.3 is 6.18 Å². The fourth-order valence-corrected chi connectivity index (χ4v) is 2.75. The van der Waals surface area contributed by atoms with Crippen LogP contribution in [-0.2, 0) is 4.79 Å². The number of hydrogen-bond acceptors (Lipinski definition) is 2. The highest BCUT2D eigenvalue weighted by atomic mass is 19.4. The van der Waals surface area contributed by atoms with Gasteiger partial charge in [-0.3, -0.25) is 9.79 Å². The van der Waals surface area contributed by atoms with Crippen LogP contribution in [0.15, 0.2) is 4.99 Å². The molecular weight excluding hydrogens is 309 g/mol. The summed E-state index contributed by atoms with van der Waals surface area (Å²) in [6, 6.07) is 0.298. The molecule has 0 aromatic heterocycles. The minimum absolute atomic E-state index is 0.212. The number of hydrogen-bond donors (Lipinski definition) is 2. The van der Waals surface area contributed by atoms with E-state index < -0.39 is 18.6 Å². The summed E-state index contributed by atoms with van der Waals surface area (Å²) >= 11 is 0. The lowest BCUT2D eigenvalue weighted by Gasteiger charge is -2.29. The highest BCUT2D eigenvalue weighted by Gasteiger charge is 2.31. The second-order valence-electron chi connectivity index (χ2n) is 6.06. The largest absolute Gasteiger partial charge is 0.406 e. The van der Waals surface area contributed by atoms with Crippen LogP contribution in [-0.4, -0.2) is 56.2 Å². The summed E-state index contributed by atoms with van der Waals surface area (Å²) in [5, 5.41) is 6.03. The number of rotatable bonds is 5. The van der Waals surface area contributed by atoms with Gasteiger partial charge in [-0.15, -0.1) is 0 Å². The van der Waals surface area contributed by atoms with E-state index in [1.807, 2.05) is 0 Å². The number of nitrogens with one attached hydrogen (secondary N) is 2. The van der Waals surface area contributed by atoms with E-state index in [9.17, 15) is 18.0 Å². The number of likely N-dealkylation sites (N-methyl/N-ethyl adjacent to an activating group) is 1. The fourth-order valence-electron chi connectivity index (χ4n) is 2.75. The Balaban J connectivity index is 2.35. The number of halogens is 3. The zero-order valence-corrected chi connectivity index (χ0v) is 14.0. The van der Waals surface area contributed by atoms with Gasteiger partial charge in [-0.05, 0) is 31.6 Å². The third-order valence-corrected chi connectivity index (χ3v) is 4.24. The molecule has 1 amide bonds. The van der Waals surface area contributed by atoms with E-state index in [0.29, 0.717) is 16.9 Å². The van der Waals surface area contributed by atoms with Crippen LogP contribution in [0.2, 0.25) is 0 Å². The first-order valence-electron chi connectivity index (χ1n) is 8.03. The quantitative estimate of drug-likeness (QED) is 0.597. The topological polar surface area (TPSA) is 56.7 Å². The van der Waals surface area contributed by atoms with Gasteiger partial charge in [0.05, 0.1) is 6.54 Å². The van der Waals surface area contributed by atoms with Gasteiger partial charge in [0.1, 0.15) is 6.54 Å². The van der Waals surface area contributed by atoms with Crippen LogP contribution in [0.3, 0.4) is 0 Å². The first-order chi connectivity index (χ1) is 10.7. The second-order valence-corrected chi connectivity index (χ2v) is 6.06. The lowest BCUT2D eigenvalue weighted by atomic mass is 9.84. The van der Waals surface area contributed by atoms with E-state index in [0.717, 1.165) is 25.8 Å². The third kappa shape index (κ3) is 7.56. The normalized spacial score (nSPS) is 22.6. The number of aliphatic imine (C=N–C) groups is 1. The summed E-state index contributed by atoms with van der Waals surface area (Å²) < 4.78 is 36.8. The van der Waals surface area contributed by atoms with Crippen LogP contribution in [0, 0.1) is 5.92 Å². The van der Waals surface area contributed by atoms with Crippen molar-refractivity contribution < 1.29 is 18.0 Å². The van der Waals surface area contributed by atoms with Gasteiger partial charge in [0, 0.05) is 20.1 Å². The molecule has 8 heteroatoms. The highest BCUT2D eigenvalue weighted by molar-refractivity contribution is 5.86. The van der Waals surface area contributed by atoms with Crippen LogP contribution in [0.4, 0.5) is 13.2 Å². The van der Waals surface area contributed by atoms with Crippen molar-refractivity contribution in [3.05, 3.63) is 0 Å². The van der Waals surface area contributed by atoms with Crippen LogP contribution in [0.25, 0.3) is 0 Å². The van der Waals surface area contributed by atoms with Crippen molar-refractivity contribution in [2.45, 2.75) is 51.2 Å². The summed E-state index contributed by atoms with van der Waals surface area (Å²) in [4.78, 5) is 16.4. The molecule has 0 spiro atoms. The van der Waals surface area contributed by atoms with Crippen LogP contribution < -0.4 is 10.6 Å². The Morgan fingerprint density at radius 1 is 1.26 bits per heavy atom. The number of nitrogens with zero attached hydrogens (tertiary/aromatic N) is 2. The van der Waals surface area contributed by atoms with E-state index in [1.165, 1.54) is 19.3 Å². The molecule has 0 heterocycles. The molecule has 1 aliphatic rings. The van der Waals surface area contributed by atoms with E-state index in [4.69, 9.17) is 0 Å². The Bertz CT molecular complexity index is 404. The molecule has 2 N–H and O–H groups in total. The molecule has 1 rings (SSSR count). The van der Waals surface area contributed by atoms with E-state index in [1.54, 1.807) is 7.05 Å². The smallest absolute Gasteiger partial charge is 0.354 e. The number of carbonyl (C=O) groups is 1. The van der Waals surface area contributed by atoms with E-state index >= 15 is 0 Å². The predicted molar refractivity (Wildman–Crippen MR) is 84.2 cm³/mol. The van der Waals surface area contributed by atoms with Crippen LogP contribution in [0.1, 0.15) is 39.0 Å². The second kappa shape index (κ2) is 8.98. The lowest BCUT2D eigenvalue weighted by molar-refractivity contribution is -0.157. The van der Waals surface area contributed by atoms with Gasteiger partial charge < -0.3 is 15.5 Å². The molecule has 0 aromatic carbocycles. The Kier molecular flexibility index (Phi) is 7.64. The lowest BCUT2D eigenvalue weighted by Crippen LogP contribution is -2.48. The molecule has 23 heavy (non-hydrogen) atoms. The molecular formula is C15H27F3N4O. The molecule has 5 nitrogen and oxygen atoms in total. The summed E-state index contributed by atoms with van der Waals surface area (Å²) in [6.45, 7) is 0.735. The Morgan fingerprint density at radius 3 is 2.35 bits per heavy atom. The minimum atomic E-state index is -4.39. The number of carbonyl (C=O) groups excluding carboxylic acids is 1. The molecule has 1 saturated carbocycles. The molecule has 0 bridgehead atoms. The molecule has 0 aliphatic heterocycles. The fraction of sp³-hybridized carbons (Fsp3) is 0.867. The Hall–Kier alpha value is -1.47. The maximum absolute atomic E-state index is 12.3. The Labute approximate surface area is 135 Å². The minimum Gasteiger partial charge on any atom is -0.354 e. The summed E-state index contributed by atoms with van der Waals surface area (Å²) in [7, 11) is 2.72. The van der Waals surface area contributed by atoms with Crippen LogP contribution >= 0.6 is 0 Å². The molecule has 1 fully saturated rings. The first-order valence-corrected chi connectivity index (χ1v) is 8.03. The van der Waals surface area contributed by atoms with Crippen LogP contribution in [0.5, 0.6) is 0 Å². The molecule has 134 valence electrons. The maximum Gasteiger partial charge on any atom is 0.406 e. The zero-order valence-electron chi connectivity index (χ0n) is 14.0. The maximum atomic E-state index is 12.3. The van der Waals surface area contributed by atoms with Gasteiger partial charge in [-0.1, -0.05) is 13.3 Å². The number of guanidine groups is 1. The molecule has 1 aliphatic carbocycles. The van der Waals surface area contributed by atoms with Gasteiger partial charge in [-0.2, -0.15) is 13.2 Å².